The van der Waals surface area contributed by atoms with Gasteiger partial charge in [-0.05, 0) is 26.0 Å². The lowest BCUT2D eigenvalue weighted by Gasteiger charge is -2.11. The molecule has 0 bridgehead atoms. The van der Waals surface area contributed by atoms with E-state index in [1.165, 1.54) is 0 Å². The van der Waals surface area contributed by atoms with Crippen LogP contribution in [0.1, 0.15) is 25.6 Å². The summed E-state index contributed by atoms with van der Waals surface area (Å²) in [5, 5.41) is 9.13. The van der Waals surface area contributed by atoms with Gasteiger partial charge in [0.1, 0.15) is 5.76 Å². The Morgan fingerprint density at radius 2 is 2.27 bits per heavy atom. The molecule has 0 amide bonds. The number of hydrogen-bond acceptors (Lipinski definition) is 1. The van der Waals surface area contributed by atoms with Crippen molar-refractivity contribution in [2.75, 3.05) is 0 Å². The van der Waals surface area contributed by atoms with Crippen LogP contribution in [0.2, 0.25) is 0 Å². The molecule has 0 saturated heterocycles. The van der Waals surface area contributed by atoms with Gasteiger partial charge in [-0.3, -0.25) is 0 Å². The van der Waals surface area contributed by atoms with Crippen LogP contribution < -0.4 is 0 Å². The van der Waals surface area contributed by atoms with Crippen molar-refractivity contribution in [2.24, 2.45) is 0 Å². The van der Waals surface area contributed by atoms with E-state index in [1.54, 1.807) is 0 Å². The fourth-order valence-corrected chi connectivity index (χ4v) is 1.09. The molecule has 1 aromatic rings. The lowest BCUT2D eigenvalue weighted by molar-refractivity contribution is 0.493. The summed E-state index contributed by atoms with van der Waals surface area (Å²) >= 11 is 0. The number of nitrogens with zero attached hydrogens (tertiary/aromatic N) is 1. The van der Waals surface area contributed by atoms with Gasteiger partial charge in [0.15, 0.2) is 0 Å². The van der Waals surface area contributed by atoms with E-state index in [4.69, 9.17) is 5.11 Å². The van der Waals surface area contributed by atoms with Crippen LogP contribution in [-0.4, -0.2) is 9.67 Å². The van der Waals surface area contributed by atoms with Crippen LogP contribution in [-0.2, 0) is 0 Å². The fourth-order valence-electron chi connectivity index (χ4n) is 1.09. The first-order valence-electron chi connectivity index (χ1n) is 3.68. The summed E-state index contributed by atoms with van der Waals surface area (Å²) in [6, 6.07) is 4.11. The number of hydrogen-bond donors (Lipinski definition) is 1. The lowest BCUT2D eigenvalue weighted by atomic mass is 10.3. The van der Waals surface area contributed by atoms with Crippen LogP contribution in [0, 0.1) is 0 Å². The minimum Gasteiger partial charge on any atom is -0.506 e. The number of aliphatic hydroxyl groups excluding tert-OH is 1. The summed E-state index contributed by atoms with van der Waals surface area (Å²) in [6.07, 6.45) is 1.93. The predicted molar refractivity (Wildman–Crippen MR) is 46.5 cm³/mol. The quantitative estimate of drug-likeness (QED) is 0.646. The Morgan fingerprint density at radius 3 is 2.64 bits per heavy atom. The molecule has 1 heterocycles. The lowest BCUT2D eigenvalue weighted by Crippen LogP contribution is -2.02. The maximum Gasteiger partial charge on any atom is 0.132 e. The SMILES string of the molecule is C=C(O)c1cccn1C(C)C. The Balaban J connectivity index is 3.06. The van der Waals surface area contributed by atoms with E-state index in [1.807, 2.05) is 22.9 Å². The molecular weight excluding hydrogens is 138 g/mol. The zero-order valence-electron chi connectivity index (χ0n) is 6.91. The zero-order chi connectivity index (χ0) is 8.43. The first kappa shape index (κ1) is 7.92. The second-order valence-corrected chi connectivity index (χ2v) is 2.84. The Hall–Kier alpha value is -1.18. The van der Waals surface area contributed by atoms with Gasteiger partial charge in [0.25, 0.3) is 0 Å². The van der Waals surface area contributed by atoms with Gasteiger partial charge in [-0.2, -0.15) is 0 Å². The molecule has 0 atom stereocenters. The maximum absolute atomic E-state index is 9.13. The summed E-state index contributed by atoms with van der Waals surface area (Å²) in [4.78, 5) is 0. The van der Waals surface area contributed by atoms with Gasteiger partial charge >= 0.3 is 0 Å². The first-order valence-corrected chi connectivity index (χ1v) is 3.68. The predicted octanol–water partition coefficient (Wildman–Crippen LogP) is 2.60. The van der Waals surface area contributed by atoms with E-state index in [-0.39, 0.29) is 5.76 Å². The molecule has 1 aromatic heterocycles. The van der Waals surface area contributed by atoms with Gasteiger partial charge in [-0.25, -0.2) is 0 Å². The number of aromatic nitrogens is 1. The van der Waals surface area contributed by atoms with E-state index >= 15 is 0 Å². The van der Waals surface area contributed by atoms with Crippen LogP contribution >= 0.6 is 0 Å². The van der Waals surface area contributed by atoms with Gasteiger partial charge in [0.05, 0.1) is 5.69 Å². The summed E-state index contributed by atoms with van der Waals surface area (Å²) in [6.45, 7) is 7.60. The molecule has 0 radical (unpaired) electrons. The third kappa shape index (κ3) is 1.45. The molecule has 0 unspecified atom stereocenters. The molecule has 0 saturated carbocycles. The van der Waals surface area contributed by atoms with Crippen LogP contribution in [0.25, 0.3) is 5.76 Å². The minimum absolute atomic E-state index is 0.128. The summed E-state index contributed by atoms with van der Waals surface area (Å²) in [7, 11) is 0. The molecule has 2 nitrogen and oxygen atoms in total. The van der Waals surface area contributed by atoms with Crippen LogP contribution in [0.3, 0.4) is 0 Å². The zero-order valence-corrected chi connectivity index (χ0v) is 6.91. The molecule has 1 N–H and O–H groups in total. The topological polar surface area (TPSA) is 25.2 Å². The minimum atomic E-state index is 0.128. The first-order chi connectivity index (χ1) is 5.13. The molecule has 2 heteroatoms. The monoisotopic (exact) mass is 151 g/mol. The van der Waals surface area contributed by atoms with Crippen LogP contribution in [0.5, 0.6) is 0 Å². The third-order valence-electron chi connectivity index (χ3n) is 1.63. The van der Waals surface area contributed by atoms with E-state index in [2.05, 4.69) is 20.4 Å². The van der Waals surface area contributed by atoms with Gasteiger partial charge < -0.3 is 9.67 Å². The second kappa shape index (κ2) is 2.82. The average molecular weight is 151 g/mol. The molecule has 0 aromatic carbocycles. The second-order valence-electron chi connectivity index (χ2n) is 2.84. The van der Waals surface area contributed by atoms with Crippen molar-refractivity contribution in [3.05, 3.63) is 30.6 Å². The highest BCUT2D eigenvalue weighted by Crippen LogP contribution is 2.15. The molecule has 0 aliphatic rings. The maximum atomic E-state index is 9.13. The molecule has 0 fully saturated rings. The third-order valence-corrected chi connectivity index (χ3v) is 1.63. The molecule has 60 valence electrons. The molecule has 0 aliphatic carbocycles. The van der Waals surface area contributed by atoms with Crippen LogP contribution in [0.15, 0.2) is 24.9 Å². The highest BCUT2D eigenvalue weighted by molar-refractivity contribution is 5.52. The van der Waals surface area contributed by atoms with E-state index in [0.29, 0.717) is 6.04 Å². The van der Waals surface area contributed by atoms with Crippen molar-refractivity contribution >= 4 is 5.76 Å². The summed E-state index contributed by atoms with van der Waals surface area (Å²) in [5.74, 6) is 0.128. The van der Waals surface area contributed by atoms with E-state index in [0.717, 1.165) is 5.69 Å². The van der Waals surface area contributed by atoms with Gasteiger partial charge in [0, 0.05) is 12.2 Å². The Labute approximate surface area is 66.8 Å². The number of rotatable bonds is 2. The fraction of sp³-hybridized carbons (Fsp3) is 0.333. The molecule has 11 heavy (non-hydrogen) atoms. The van der Waals surface area contributed by atoms with Crippen molar-refractivity contribution in [3.8, 4) is 0 Å². The molecule has 1 rings (SSSR count). The van der Waals surface area contributed by atoms with E-state index in [9.17, 15) is 0 Å². The Bertz CT molecular complexity index is 260. The van der Waals surface area contributed by atoms with E-state index < -0.39 is 0 Å². The van der Waals surface area contributed by atoms with Gasteiger partial charge in [-0.15, -0.1) is 0 Å². The standard InChI is InChI=1S/C9H13NO/c1-7(2)10-6-4-5-9(10)8(3)11/h4-7,11H,3H2,1-2H3. The molecule has 0 spiro atoms. The molecule has 0 aliphatic heterocycles. The van der Waals surface area contributed by atoms with Crippen molar-refractivity contribution in [2.45, 2.75) is 19.9 Å². The van der Waals surface area contributed by atoms with Crippen molar-refractivity contribution in [1.82, 2.24) is 4.57 Å². The van der Waals surface area contributed by atoms with Gasteiger partial charge in [0.2, 0.25) is 0 Å². The normalized spacial score (nSPS) is 10.5. The summed E-state index contributed by atoms with van der Waals surface area (Å²) in [5.41, 5.74) is 0.792. The highest BCUT2D eigenvalue weighted by atomic mass is 16.3. The van der Waals surface area contributed by atoms with Gasteiger partial charge in [-0.1, -0.05) is 6.58 Å². The average Bonchev–Trinajstić information content (AvgIpc) is 2.32. The summed E-state index contributed by atoms with van der Waals surface area (Å²) < 4.78 is 1.97. The van der Waals surface area contributed by atoms with Crippen molar-refractivity contribution in [3.63, 3.8) is 0 Å². The Kier molecular flexibility index (Phi) is 2.03. The smallest absolute Gasteiger partial charge is 0.132 e. The largest absolute Gasteiger partial charge is 0.506 e. The van der Waals surface area contributed by atoms with Crippen LogP contribution in [0.4, 0.5) is 0 Å². The van der Waals surface area contributed by atoms with Crippen molar-refractivity contribution < 1.29 is 5.11 Å². The van der Waals surface area contributed by atoms with Crippen molar-refractivity contribution in [1.29, 1.82) is 0 Å². The Morgan fingerprint density at radius 1 is 1.64 bits per heavy atom. The highest BCUT2D eigenvalue weighted by Gasteiger charge is 2.04. The molecular formula is C9H13NO. The number of aliphatic hydroxyl groups is 1.